The SMILES string of the molecule is COCCCOCc1ccc(F)cc1C#CCO. The standard InChI is InChI=1S/C14H17FO3/c1-17-8-3-9-18-11-13-5-6-14(15)10-12(13)4-2-7-16/h5-6,10,16H,3,7-9,11H2,1H3. The summed E-state index contributed by atoms with van der Waals surface area (Å²) in [6, 6.07) is 4.36. The van der Waals surface area contributed by atoms with Gasteiger partial charge in [-0.25, -0.2) is 4.39 Å². The van der Waals surface area contributed by atoms with Crippen molar-refractivity contribution < 1.29 is 19.0 Å². The normalized spacial score (nSPS) is 9.94. The number of ether oxygens (including phenoxy) is 2. The molecule has 18 heavy (non-hydrogen) atoms. The third-order valence-corrected chi connectivity index (χ3v) is 2.27. The van der Waals surface area contributed by atoms with E-state index >= 15 is 0 Å². The Labute approximate surface area is 107 Å². The molecule has 0 spiro atoms. The Balaban J connectivity index is 2.58. The molecule has 3 nitrogen and oxygen atoms in total. The maximum atomic E-state index is 13.1. The Kier molecular flexibility index (Phi) is 7.04. The highest BCUT2D eigenvalue weighted by Crippen LogP contribution is 2.11. The summed E-state index contributed by atoms with van der Waals surface area (Å²) in [4.78, 5) is 0. The van der Waals surface area contributed by atoms with Crippen LogP contribution in [0.25, 0.3) is 0 Å². The Morgan fingerprint density at radius 1 is 1.33 bits per heavy atom. The van der Waals surface area contributed by atoms with Gasteiger partial charge in [-0.3, -0.25) is 0 Å². The fraction of sp³-hybridized carbons (Fsp3) is 0.429. The lowest BCUT2D eigenvalue weighted by atomic mass is 10.1. The Hall–Kier alpha value is -1.41. The number of aliphatic hydroxyl groups excluding tert-OH is 1. The molecule has 0 aliphatic heterocycles. The van der Waals surface area contributed by atoms with E-state index in [-0.39, 0.29) is 12.4 Å². The van der Waals surface area contributed by atoms with Crippen molar-refractivity contribution in [2.45, 2.75) is 13.0 Å². The lowest BCUT2D eigenvalue weighted by Gasteiger charge is -2.06. The van der Waals surface area contributed by atoms with E-state index in [1.54, 1.807) is 13.2 Å². The van der Waals surface area contributed by atoms with Crippen LogP contribution in [0.5, 0.6) is 0 Å². The third-order valence-electron chi connectivity index (χ3n) is 2.27. The minimum Gasteiger partial charge on any atom is -0.385 e. The lowest BCUT2D eigenvalue weighted by Crippen LogP contribution is -2.01. The molecule has 0 fully saturated rings. The van der Waals surface area contributed by atoms with Crippen molar-refractivity contribution in [2.24, 2.45) is 0 Å². The first-order valence-corrected chi connectivity index (χ1v) is 5.72. The molecule has 4 heteroatoms. The van der Waals surface area contributed by atoms with Gasteiger partial charge >= 0.3 is 0 Å². The summed E-state index contributed by atoms with van der Waals surface area (Å²) in [6.45, 7) is 1.36. The number of aliphatic hydroxyl groups is 1. The van der Waals surface area contributed by atoms with E-state index in [0.717, 1.165) is 12.0 Å². The number of hydrogen-bond acceptors (Lipinski definition) is 3. The third kappa shape index (κ3) is 5.28. The highest BCUT2D eigenvalue weighted by atomic mass is 19.1. The van der Waals surface area contributed by atoms with Gasteiger partial charge in [0.05, 0.1) is 6.61 Å². The molecule has 0 unspecified atom stereocenters. The van der Waals surface area contributed by atoms with Gasteiger partial charge in [0.1, 0.15) is 12.4 Å². The second-order valence-electron chi connectivity index (χ2n) is 3.66. The Morgan fingerprint density at radius 2 is 2.17 bits per heavy atom. The largest absolute Gasteiger partial charge is 0.385 e. The molecule has 98 valence electrons. The zero-order valence-electron chi connectivity index (χ0n) is 10.4. The smallest absolute Gasteiger partial charge is 0.124 e. The van der Waals surface area contributed by atoms with Crippen molar-refractivity contribution in [1.82, 2.24) is 0 Å². The molecule has 0 atom stereocenters. The number of hydrogen-bond donors (Lipinski definition) is 1. The van der Waals surface area contributed by atoms with E-state index in [1.807, 2.05) is 0 Å². The molecule has 0 saturated heterocycles. The van der Waals surface area contributed by atoms with Gasteiger partial charge in [-0.2, -0.15) is 0 Å². The predicted molar refractivity (Wildman–Crippen MR) is 66.5 cm³/mol. The first-order valence-electron chi connectivity index (χ1n) is 5.72. The summed E-state index contributed by atoms with van der Waals surface area (Å²) in [5.41, 5.74) is 1.37. The molecule has 1 aromatic rings. The minimum absolute atomic E-state index is 0.245. The highest BCUT2D eigenvalue weighted by molar-refractivity contribution is 5.41. The molecule has 0 aliphatic carbocycles. The molecule has 0 amide bonds. The van der Waals surface area contributed by atoms with Gasteiger partial charge in [-0.15, -0.1) is 0 Å². The molecule has 0 aromatic heterocycles. The van der Waals surface area contributed by atoms with Crippen molar-refractivity contribution in [3.63, 3.8) is 0 Å². The van der Waals surface area contributed by atoms with Gasteiger partial charge in [0.25, 0.3) is 0 Å². The van der Waals surface area contributed by atoms with Crippen LogP contribution in [0.2, 0.25) is 0 Å². The van der Waals surface area contributed by atoms with Crippen LogP contribution < -0.4 is 0 Å². The summed E-state index contributed by atoms with van der Waals surface area (Å²) >= 11 is 0. The second-order valence-corrected chi connectivity index (χ2v) is 3.66. The highest BCUT2D eigenvalue weighted by Gasteiger charge is 2.02. The van der Waals surface area contributed by atoms with Crippen LogP contribution in [-0.4, -0.2) is 32.0 Å². The van der Waals surface area contributed by atoms with Crippen LogP contribution in [0.3, 0.4) is 0 Å². The maximum Gasteiger partial charge on any atom is 0.124 e. The average Bonchev–Trinajstić information content (AvgIpc) is 2.38. The van der Waals surface area contributed by atoms with Crippen LogP contribution in [-0.2, 0) is 16.1 Å². The van der Waals surface area contributed by atoms with E-state index in [1.165, 1.54) is 12.1 Å². The van der Waals surface area contributed by atoms with E-state index in [0.29, 0.717) is 25.4 Å². The van der Waals surface area contributed by atoms with Crippen molar-refractivity contribution in [1.29, 1.82) is 0 Å². The molecule has 0 bridgehead atoms. The first-order chi connectivity index (χ1) is 8.77. The van der Waals surface area contributed by atoms with Crippen LogP contribution in [0.15, 0.2) is 18.2 Å². The zero-order valence-corrected chi connectivity index (χ0v) is 10.4. The molecular weight excluding hydrogens is 235 g/mol. The van der Waals surface area contributed by atoms with Gasteiger partial charge in [0, 0.05) is 25.9 Å². The Morgan fingerprint density at radius 3 is 2.89 bits per heavy atom. The monoisotopic (exact) mass is 252 g/mol. The van der Waals surface area contributed by atoms with Crippen molar-refractivity contribution >= 4 is 0 Å². The molecule has 1 rings (SSSR count). The quantitative estimate of drug-likeness (QED) is 0.619. The molecule has 1 N–H and O–H groups in total. The van der Waals surface area contributed by atoms with Crippen LogP contribution in [0.4, 0.5) is 4.39 Å². The van der Waals surface area contributed by atoms with Gasteiger partial charge in [0.2, 0.25) is 0 Å². The summed E-state index contributed by atoms with van der Waals surface area (Å²) in [7, 11) is 1.64. The molecule has 0 saturated carbocycles. The van der Waals surface area contributed by atoms with E-state index in [4.69, 9.17) is 14.6 Å². The first kappa shape index (κ1) is 14.7. The van der Waals surface area contributed by atoms with Crippen LogP contribution in [0, 0.1) is 17.7 Å². The van der Waals surface area contributed by atoms with Crippen molar-refractivity contribution in [3.05, 3.63) is 35.1 Å². The summed E-state index contributed by atoms with van der Waals surface area (Å²) < 4.78 is 23.4. The summed E-state index contributed by atoms with van der Waals surface area (Å²) in [6.07, 6.45) is 0.815. The van der Waals surface area contributed by atoms with Gasteiger partial charge in [-0.05, 0) is 24.1 Å². The van der Waals surface area contributed by atoms with Gasteiger partial charge in [-0.1, -0.05) is 17.9 Å². The van der Waals surface area contributed by atoms with Gasteiger partial charge in [0.15, 0.2) is 0 Å². The predicted octanol–water partition coefficient (Wildman–Crippen LogP) is 1.72. The van der Waals surface area contributed by atoms with Crippen LogP contribution in [0.1, 0.15) is 17.5 Å². The fourth-order valence-electron chi connectivity index (χ4n) is 1.41. The summed E-state index contributed by atoms with van der Waals surface area (Å²) in [5, 5.41) is 8.65. The van der Waals surface area contributed by atoms with E-state index in [9.17, 15) is 4.39 Å². The molecule has 0 aliphatic rings. The Bertz CT molecular complexity index is 421. The average molecular weight is 252 g/mol. The maximum absolute atomic E-state index is 13.1. The molecule has 0 heterocycles. The topological polar surface area (TPSA) is 38.7 Å². The minimum atomic E-state index is -0.347. The van der Waals surface area contributed by atoms with Gasteiger partial charge < -0.3 is 14.6 Å². The summed E-state index contributed by atoms with van der Waals surface area (Å²) in [5.74, 6) is 4.87. The number of benzene rings is 1. The van der Waals surface area contributed by atoms with E-state index in [2.05, 4.69) is 11.8 Å². The van der Waals surface area contributed by atoms with Crippen molar-refractivity contribution in [3.8, 4) is 11.8 Å². The van der Waals surface area contributed by atoms with Crippen LogP contribution >= 0.6 is 0 Å². The molecule has 1 aromatic carbocycles. The number of methoxy groups -OCH3 is 1. The van der Waals surface area contributed by atoms with E-state index < -0.39 is 0 Å². The fourth-order valence-corrected chi connectivity index (χ4v) is 1.41. The second kappa shape index (κ2) is 8.65. The number of halogens is 1. The number of rotatable bonds is 6. The lowest BCUT2D eigenvalue weighted by molar-refractivity contribution is 0.0927. The molecule has 0 radical (unpaired) electrons. The van der Waals surface area contributed by atoms with Crippen molar-refractivity contribution in [2.75, 3.05) is 26.9 Å². The molecular formula is C14H17FO3. The zero-order chi connectivity index (χ0) is 13.2.